The van der Waals surface area contributed by atoms with Crippen molar-refractivity contribution < 1.29 is 0 Å². The van der Waals surface area contributed by atoms with E-state index in [9.17, 15) is 0 Å². The molecule has 2 aromatic carbocycles. The topological polar surface area (TPSA) is 26.0 Å². The number of aryl methyl sites for hydroxylation is 2. The summed E-state index contributed by atoms with van der Waals surface area (Å²) < 4.78 is 0. The minimum Gasteiger partial charge on any atom is -0.324 e. The molecule has 1 saturated carbocycles. The van der Waals surface area contributed by atoms with Gasteiger partial charge in [-0.05, 0) is 61.3 Å². The summed E-state index contributed by atoms with van der Waals surface area (Å²) in [4.78, 5) is 0. The van der Waals surface area contributed by atoms with E-state index < -0.39 is 0 Å². The fourth-order valence-electron chi connectivity index (χ4n) is 3.31. The molecule has 3 rings (SSSR count). The van der Waals surface area contributed by atoms with Crippen LogP contribution in [0.1, 0.15) is 59.0 Å². The molecular weight excluding hydrogens is 254 g/mol. The van der Waals surface area contributed by atoms with Crippen LogP contribution < -0.4 is 5.73 Å². The Morgan fingerprint density at radius 2 is 1.86 bits per heavy atom. The van der Waals surface area contributed by atoms with Crippen molar-refractivity contribution >= 4 is 0 Å². The van der Waals surface area contributed by atoms with Crippen LogP contribution in [0, 0.1) is 13.8 Å². The molecule has 1 heteroatoms. The van der Waals surface area contributed by atoms with E-state index >= 15 is 0 Å². The monoisotopic (exact) mass is 279 g/mol. The molecule has 1 fully saturated rings. The van der Waals surface area contributed by atoms with Gasteiger partial charge in [0.15, 0.2) is 0 Å². The van der Waals surface area contributed by atoms with E-state index in [0.717, 1.165) is 12.3 Å². The van der Waals surface area contributed by atoms with Gasteiger partial charge >= 0.3 is 0 Å². The van der Waals surface area contributed by atoms with Crippen molar-refractivity contribution in [3.8, 4) is 0 Å². The van der Waals surface area contributed by atoms with Gasteiger partial charge in [-0.1, -0.05) is 54.4 Å². The molecule has 0 bridgehead atoms. The quantitative estimate of drug-likeness (QED) is 0.853. The SMILES string of the molecule is Cc1ccc(C)c(CC(N)c2ccccc2C2CCC2)c1. The van der Waals surface area contributed by atoms with Crippen molar-refractivity contribution in [1.29, 1.82) is 0 Å². The summed E-state index contributed by atoms with van der Waals surface area (Å²) in [6.07, 6.45) is 4.95. The highest BCUT2D eigenvalue weighted by atomic mass is 14.6. The predicted molar refractivity (Wildman–Crippen MR) is 89.6 cm³/mol. The lowest BCUT2D eigenvalue weighted by Crippen LogP contribution is -2.19. The van der Waals surface area contributed by atoms with Gasteiger partial charge in [0.1, 0.15) is 0 Å². The minimum atomic E-state index is 0.0994. The molecular formula is C20H25N. The molecule has 1 atom stereocenters. The van der Waals surface area contributed by atoms with Crippen molar-refractivity contribution in [3.05, 3.63) is 70.3 Å². The Bertz CT molecular complexity index is 625. The van der Waals surface area contributed by atoms with Crippen molar-refractivity contribution in [2.24, 2.45) is 5.73 Å². The summed E-state index contributed by atoms with van der Waals surface area (Å²) in [5.41, 5.74) is 13.4. The number of hydrogen-bond acceptors (Lipinski definition) is 1. The molecule has 0 aromatic heterocycles. The molecule has 1 unspecified atom stereocenters. The van der Waals surface area contributed by atoms with Gasteiger partial charge in [-0.2, -0.15) is 0 Å². The fourth-order valence-corrected chi connectivity index (χ4v) is 3.31. The first kappa shape index (κ1) is 14.3. The van der Waals surface area contributed by atoms with E-state index in [2.05, 4.69) is 56.3 Å². The number of hydrogen-bond donors (Lipinski definition) is 1. The second-order valence-electron chi connectivity index (χ2n) is 6.50. The van der Waals surface area contributed by atoms with Gasteiger partial charge in [0.25, 0.3) is 0 Å². The molecule has 110 valence electrons. The van der Waals surface area contributed by atoms with Gasteiger partial charge in [-0.15, -0.1) is 0 Å². The first-order valence-electron chi connectivity index (χ1n) is 8.05. The second-order valence-corrected chi connectivity index (χ2v) is 6.50. The summed E-state index contributed by atoms with van der Waals surface area (Å²) >= 11 is 0. The molecule has 0 saturated heterocycles. The Hall–Kier alpha value is -1.60. The smallest absolute Gasteiger partial charge is 0.0338 e. The lowest BCUT2D eigenvalue weighted by atomic mass is 9.76. The summed E-state index contributed by atoms with van der Waals surface area (Å²) in [5.74, 6) is 0.742. The Labute approximate surface area is 128 Å². The molecule has 1 aliphatic rings. The average molecular weight is 279 g/mol. The first-order chi connectivity index (χ1) is 10.1. The van der Waals surface area contributed by atoms with Crippen LogP contribution in [0.2, 0.25) is 0 Å². The largest absolute Gasteiger partial charge is 0.324 e. The van der Waals surface area contributed by atoms with E-state index in [1.165, 1.54) is 47.1 Å². The van der Waals surface area contributed by atoms with E-state index in [0.29, 0.717) is 0 Å². The fraction of sp³-hybridized carbons (Fsp3) is 0.400. The minimum absolute atomic E-state index is 0.0994. The normalized spacial score (nSPS) is 16.5. The molecule has 21 heavy (non-hydrogen) atoms. The third kappa shape index (κ3) is 3.03. The van der Waals surface area contributed by atoms with Gasteiger partial charge in [0.05, 0.1) is 0 Å². The molecule has 0 amide bonds. The number of rotatable bonds is 4. The zero-order chi connectivity index (χ0) is 14.8. The first-order valence-corrected chi connectivity index (χ1v) is 8.05. The van der Waals surface area contributed by atoms with Crippen molar-refractivity contribution in [3.63, 3.8) is 0 Å². The lowest BCUT2D eigenvalue weighted by molar-refractivity contribution is 0.415. The Kier molecular flexibility index (Phi) is 4.12. The van der Waals surface area contributed by atoms with Crippen molar-refractivity contribution in [1.82, 2.24) is 0 Å². The summed E-state index contributed by atoms with van der Waals surface area (Å²) in [7, 11) is 0. The van der Waals surface area contributed by atoms with Gasteiger partial charge in [-0.3, -0.25) is 0 Å². The summed E-state index contributed by atoms with van der Waals surface area (Å²) in [6.45, 7) is 4.33. The van der Waals surface area contributed by atoms with Crippen LogP contribution in [-0.4, -0.2) is 0 Å². The third-order valence-electron chi connectivity index (χ3n) is 4.88. The van der Waals surface area contributed by atoms with Gasteiger partial charge in [0, 0.05) is 6.04 Å². The molecule has 0 radical (unpaired) electrons. The predicted octanol–water partition coefficient (Wildman–Crippen LogP) is 4.81. The maximum atomic E-state index is 6.56. The lowest BCUT2D eigenvalue weighted by Gasteiger charge is -2.29. The van der Waals surface area contributed by atoms with Gasteiger partial charge < -0.3 is 5.73 Å². The zero-order valence-corrected chi connectivity index (χ0v) is 13.1. The Balaban J connectivity index is 1.85. The van der Waals surface area contributed by atoms with Crippen LogP contribution in [0.3, 0.4) is 0 Å². The second kappa shape index (κ2) is 6.03. The highest BCUT2D eigenvalue weighted by Crippen LogP contribution is 2.39. The molecule has 0 aliphatic heterocycles. The van der Waals surface area contributed by atoms with Gasteiger partial charge in [-0.25, -0.2) is 0 Å². The van der Waals surface area contributed by atoms with Crippen LogP contribution in [-0.2, 0) is 6.42 Å². The van der Waals surface area contributed by atoms with Crippen molar-refractivity contribution in [2.75, 3.05) is 0 Å². The van der Waals surface area contributed by atoms with E-state index in [-0.39, 0.29) is 6.04 Å². The average Bonchev–Trinajstić information content (AvgIpc) is 2.41. The van der Waals surface area contributed by atoms with Crippen molar-refractivity contribution in [2.45, 2.75) is 51.5 Å². The number of nitrogens with two attached hydrogens (primary N) is 1. The summed E-state index contributed by atoms with van der Waals surface area (Å²) in [6, 6.07) is 15.5. The molecule has 1 aliphatic carbocycles. The highest BCUT2D eigenvalue weighted by molar-refractivity contribution is 5.37. The van der Waals surface area contributed by atoms with Gasteiger partial charge in [0.2, 0.25) is 0 Å². The van der Waals surface area contributed by atoms with E-state index in [1.54, 1.807) is 0 Å². The summed E-state index contributed by atoms with van der Waals surface area (Å²) in [5, 5.41) is 0. The van der Waals surface area contributed by atoms with E-state index in [1.807, 2.05) is 0 Å². The van der Waals surface area contributed by atoms with Crippen LogP contribution >= 0.6 is 0 Å². The molecule has 2 aromatic rings. The highest BCUT2D eigenvalue weighted by Gasteiger charge is 2.23. The maximum absolute atomic E-state index is 6.56. The van der Waals surface area contributed by atoms with E-state index in [4.69, 9.17) is 5.73 Å². The molecule has 1 nitrogen and oxygen atoms in total. The van der Waals surface area contributed by atoms with Crippen LogP contribution in [0.5, 0.6) is 0 Å². The zero-order valence-electron chi connectivity index (χ0n) is 13.1. The number of benzene rings is 2. The van der Waals surface area contributed by atoms with Crippen LogP contribution in [0.25, 0.3) is 0 Å². The Morgan fingerprint density at radius 1 is 1.10 bits per heavy atom. The van der Waals surface area contributed by atoms with Crippen LogP contribution in [0.4, 0.5) is 0 Å². The van der Waals surface area contributed by atoms with Crippen LogP contribution in [0.15, 0.2) is 42.5 Å². The standard InChI is InChI=1S/C20H25N/c1-14-10-11-15(2)17(12-14)13-20(21)19-9-4-3-8-18(19)16-6-5-7-16/h3-4,8-12,16,20H,5-7,13,21H2,1-2H3. The molecule has 0 heterocycles. The Morgan fingerprint density at radius 3 is 2.57 bits per heavy atom. The molecule has 0 spiro atoms. The maximum Gasteiger partial charge on any atom is 0.0338 e. The molecule has 2 N–H and O–H groups in total. The third-order valence-corrected chi connectivity index (χ3v) is 4.88.